The number of hydrogen-bond acceptors (Lipinski definition) is 2. The summed E-state index contributed by atoms with van der Waals surface area (Å²) in [5.41, 5.74) is 8.69. The van der Waals surface area contributed by atoms with Gasteiger partial charge < -0.3 is 5.73 Å². The zero-order valence-corrected chi connectivity index (χ0v) is 11.4. The van der Waals surface area contributed by atoms with Crippen molar-refractivity contribution in [3.05, 3.63) is 34.3 Å². The lowest BCUT2D eigenvalue weighted by Gasteiger charge is -2.35. The van der Waals surface area contributed by atoms with Gasteiger partial charge in [0.15, 0.2) is 0 Å². The number of nitrogens with two attached hydrogens (primary N) is 1. The highest BCUT2D eigenvalue weighted by Gasteiger charge is 2.23. The van der Waals surface area contributed by atoms with Crippen LogP contribution >= 0.6 is 11.6 Å². The highest BCUT2D eigenvalue weighted by molar-refractivity contribution is 6.30. The van der Waals surface area contributed by atoms with Gasteiger partial charge >= 0.3 is 0 Å². The second kappa shape index (κ2) is 5.38. The molecule has 2 rings (SSSR count). The molecule has 0 radical (unpaired) electrons. The fourth-order valence-electron chi connectivity index (χ4n) is 2.47. The van der Waals surface area contributed by atoms with Crippen LogP contribution in [0.5, 0.6) is 0 Å². The standard InChI is InChI=1S/C14H21ClN2/c1-10-7-13(15)4-3-12(10)9-17-6-5-14(16)11(2)8-17/h3-4,7,11,14H,5-6,8-9,16H2,1-2H3. The Hall–Kier alpha value is -0.570. The van der Waals surface area contributed by atoms with E-state index in [-0.39, 0.29) is 0 Å². The van der Waals surface area contributed by atoms with E-state index in [1.807, 2.05) is 12.1 Å². The van der Waals surface area contributed by atoms with Crippen LogP contribution in [0.1, 0.15) is 24.5 Å². The number of halogens is 1. The van der Waals surface area contributed by atoms with Gasteiger partial charge in [-0.05, 0) is 49.1 Å². The minimum Gasteiger partial charge on any atom is -0.327 e. The van der Waals surface area contributed by atoms with Crippen LogP contribution in [0.4, 0.5) is 0 Å². The van der Waals surface area contributed by atoms with Crippen molar-refractivity contribution in [3.63, 3.8) is 0 Å². The van der Waals surface area contributed by atoms with Crippen molar-refractivity contribution in [1.29, 1.82) is 0 Å². The van der Waals surface area contributed by atoms with Crippen LogP contribution in [-0.4, -0.2) is 24.0 Å². The van der Waals surface area contributed by atoms with Crippen molar-refractivity contribution >= 4 is 11.6 Å². The van der Waals surface area contributed by atoms with Crippen LogP contribution in [0, 0.1) is 12.8 Å². The van der Waals surface area contributed by atoms with E-state index in [2.05, 4.69) is 24.8 Å². The molecule has 17 heavy (non-hydrogen) atoms. The molecule has 1 aliphatic rings. The monoisotopic (exact) mass is 252 g/mol. The molecule has 1 aromatic carbocycles. The van der Waals surface area contributed by atoms with Gasteiger partial charge in [-0.15, -0.1) is 0 Å². The SMILES string of the molecule is Cc1cc(Cl)ccc1CN1CCC(N)C(C)C1. The van der Waals surface area contributed by atoms with E-state index in [1.54, 1.807) is 0 Å². The summed E-state index contributed by atoms with van der Waals surface area (Å²) in [5.74, 6) is 0.594. The summed E-state index contributed by atoms with van der Waals surface area (Å²) < 4.78 is 0. The summed E-state index contributed by atoms with van der Waals surface area (Å²) in [6, 6.07) is 6.52. The van der Waals surface area contributed by atoms with Crippen molar-refractivity contribution in [2.24, 2.45) is 11.7 Å². The Balaban J connectivity index is 2.01. The number of piperidine rings is 1. The van der Waals surface area contributed by atoms with Gasteiger partial charge in [0, 0.05) is 24.2 Å². The quantitative estimate of drug-likeness (QED) is 0.877. The lowest BCUT2D eigenvalue weighted by Crippen LogP contribution is -2.45. The summed E-state index contributed by atoms with van der Waals surface area (Å²) in [5, 5.41) is 0.820. The van der Waals surface area contributed by atoms with Crippen molar-refractivity contribution in [2.45, 2.75) is 32.9 Å². The predicted molar refractivity (Wildman–Crippen MR) is 73.2 cm³/mol. The Bertz CT molecular complexity index is 392. The molecule has 2 nitrogen and oxygen atoms in total. The maximum absolute atomic E-state index is 6.04. The van der Waals surface area contributed by atoms with Crippen LogP contribution in [0.15, 0.2) is 18.2 Å². The highest BCUT2D eigenvalue weighted by atomic mass is 35.5. The second-order valence-corrected chi connectivity index (χ2v) is 5.67. The highest BCUT2D eigenvalue weighted by Crippen LogP contribution is 2.20. The van der Waals surface area contributed by atoms with E-state index in [0.29, 0.717) is 12.0 Å². The molecule has 1 aliphatic heterocycles. The first-order valence-corrected chi connectivity index (χ1v) is 6.67. The lowest BCUT2D eigenvalue weighted by atomic mass is 9.94. The Kier molecular flexibility index (Phi) is 4.08. The van der Waals surface area contributed by atoms with Gasteiger partial charge in [-0.3, -0.25) is 4.90 Å². The van der Waals surface area contributed by atoms with Crippen molar-refractivity contribution in [3.8, 4) is 0 Å². The number of benzene rings is 1. The predicted octanol–water partition coefficient (Wildman–Crippen LogP) is 2.82. The third-order valence-electron chi connectivity index (χ3n) is 3.75. The number of likely N-dealkylation sites (tertiary alicyclic amines) is 1. The fourth-order valence-corrected chi connectivity index (χ4v) is 2.70. The molecule has 2 N–H and O–H groups in total. The van der Waals surface area contributed by atoms with Gasteiger partial charge in [-0.2, -0.15) is 0 Å². The van der Waals surface area contributed by atoms with Gasteiger partial charge in [0.2, 0.25) is 0 Å². The molecule has 0 saturated carbocycles. The zero-order chi connectivity index (χ0) is 12.4. The molecule has 2 atom stereocenters. The summed E-state index contributed by atoms with van der Waals surface area (Å²) >= 11 is 5.97. The first-order valence-electron chi connectivity index (χ1n) is 6.29. The molecular weight excluding hydrogens is 232 g/mol. The summed E-state index contributed by atoms with van der Waals surface area (Å²) in [4.78, 5) is 2.49. The smallest absolute Gasteiger partial charge is 0.0408 e. The van der Waals surface area contributed by atoms with Crippen molar-refractivity contribution in [1.82, 2.24) is 4.90 Å². The fraction of sp³-hybridized carbons (Fsp3) is 0.571. The summed E-state index contributed by atoms with van der Waals surface area (Å²) in [7, 11) is 0. The molecule has 0 spiro atoms. The third kappa shape index (κ3) is 3.21. The minimum absolute atomic E-state index is 0.373. The molecule has 0 amide bonds. The number of nitrogens with zero attached hydrogens (tertiary/aromatic N) is 1. The van der Waals surface area contributed by atoms with Gasteiger partial charge in [0.1, 0.15) is 0 Å². The zero-order valence-electron chi connectivity index (χ0n) is 10.6. The van der Waals surface area contributed by atoms with Crippen LogP contribution in [-0.2, 0) is 6.54 Å². The van der Waals surface area contributed by atoms with Gasteiger partial charge in [-0.25, -0.2) is 0 Å². The van der Waals surface area contributed by atoms with Crippen molar-refractivity contribution < 1.29 is 0 Å². The number of aryl methyl sites for hydroxylation is 1. The minimum atomic E-state index is 0.373. The maximum Gasteiger partial charge on any atom is 0.0408 e. The van der Waals surface area contributed by atoms with Crippen LogP contribution in [0.3, 0.4) is 0 Å². The van der Waals surface area contributed by atoms with Gasteiger partial charge in [-0.1, -0.05) is 24.6 Å². The molecule has 1 heterocycles. The molecule has 3 heteroatoms. The lowest BCUT2D eigenvalue weighted by molar-refractivity contribution is 0.157. The van der Waals surface area contributed by atoms with Crippen LogP contribution in [0.25, 0.3) is 0 Å². The first kappa shape index (κ1) is 12.9. The topological polar surface area (TPSA) is 29.3 Å². The van der Waals surface area contributed by atoms with E-state index in [0.717, 1.165) is 31.1 Å². The maximum atomic E-state index is 6.04. The molecule has 1 saturated heterocycles. The first-order chi connectivity index (χ1) is 8.06. The molecule has 0 aromatic heterocycles. The normalized spacial score (nSPS) is 26.1. The molecule has 1 aromatic rings. The largest absolute Gasteiger partial charge is 0.327 e. The Morgan fingerprint density at radius 1 is 1.47 bits per heavy atom. The van der Waals surface area contributed by atoms with Gasteiger partial charge in [0.05, 0.1) is 0 Å². The Labute approximate surface area is 109 Å². The number of rotatable bonds is 2. The summed E-state index contributed by atoms with van der Waals surface area (Å²) in [6.07, 6.45) is 1.10. The molecule has 2 unspecified atom stereocenters. The van der Waals surface area contributed by atoms with E-state index in [4.69, 9.17) is 17.3 Å². The molecule has 1 fully saturated rings. The average Bonchev–Trinajstić information content (AvgIpc) is 2.27. The molecule has 94 valence electrons. The van der Waals surface area contributed by atoms with E-state index < -0.39 is 0 Å². The molecular formula is C14H21ClN2. The third-order valence-corrected chi connectivity index (χ3v) is 3.99. The Morgan fingerprint density at radius 3 is 2.88 bits per heavy atom. The summed E-state index contributed by atoms with van der Waals surface area (Å²) in [6.45, 7) is 7.59. The van der Waals surface area contributed by atoms with E-state index >= 15 is 0 Å². The van der Waals surface area contributed by atoms with Crippen molar-refractivity contribution in [2.75, 3.05) is 13.1 Å². The van der Waals surface area contributed by atoms with E-state index in [1.165, 1.54) is 11.1 Å². The van der Waals surface area contributed by atoms with E-state index in [9.17, 15) is 0 Å². The second-order valence-electron chi connectivity index (χ2n) is 5.24. The average molecular weight is 253 g/mol. The van der Waals surface area contributed by atoms with Crippen LogP contribution < -0.4 is 5.73 Å². The Morgan fingerprint density at radius 2 is 2.24 bits per heavy atom. The van der Waals surface area contributed by atoms with Gasteiger partial charge in [0.25, 0.3) is 0 Å². The number of hydrogen-bond donors (Lipinski definition) is 1. The van der Waals surface area contributed by atoms with Crippen LogP contribution in [0.2, 0.25) is 5.02 Å². The molecule has 0 aliphatic carbocycles. The molecule has 0 bridgehead atoms.